The third kappa shape index (κ3) is 3.67. The molecule has 0 saturated carbocycles. The lowest BCUT2D eigenvalue weighted by atomic mass is 10.1. The molecule has 0 aromatic heterocycles. The molecule has 0 aliphatic rings. The summed E-state index contributed by atoms with van der Waals surface area (Å²) in [4.78, 5) is 0. The monoisotopic (exact) mass is 318 g/mol. The number of aryl methyl sites for hydroxylation is 1. The molecule has 0 saturated heterocycles. The lowest BCUT2D eigenvalue weighted by Gasteiger charge is -2.15. The number of ether oxygens (including phenoxy) is 1. The van der Waals surface area contributed by atoms with E-state index in [1.165, 1.54) is 18.2 Å². The minimum atomic E-state index is -4.61. The Morgan fingerprint density at radius 2 is 1.76 bits per heavy atom. The molecule has 2 aromatic carbocycles. The van der Waals surface area contributed by atoms with Crippen molar-refractivity contribution in [2.45, 2.75) is 19.0 Å². The van der Waals surface area contributed by atoms with E-state index in [0.29, 0.717) is 11.1 Å². The molecule has 0 atom stereocenters. The molecule has 0 N–H and O–H groups in total. The van der Waals surface area contributed by atoms with E-state index >= 15 is 0 Å². The first-order chi connectivity index (χ1) is 9.81. The average molecular weight is 319 g/mol. The molecule has 0 bridgehead atoms. The Morgan fingerprint density at radius 3 is 2.38 bits per heavy atom. The number of halogens is 5. The van der Waals surface area contributed by atoms with Crippen LogP contribution < -0.4 is 4.74 Å². The summed E-state index contributed by atoms with van der Waals surface area (Å²) in [6.45, 7) is 1.69. The Bertz CT molecular complexity index is 653. The van der Waals surface area contributed by atoms with Crippen LogP contribution in [-0.2, 0) is 12.1 Å². The van der Waals surface area contributed by atoms with Gasteiger partial charge in [0.15, 0.2) is 11.6 Å². The van der Waals surface area contributed by atoms with Gasteiger partial charge in [-0.3, -0.25) is 0 Å². The van der Waals surface area contributed by atoms with Gasteiger partial charge in [0.05, 0.1) is 5.56 Å². The molecule has 0 heterocycles. The second-order valence-electron chi connectivity index (χ2n) is 4.50. The SMILES string of the molecule is Cc1ccc(F)c(Oc2ccc(CCl)cc2C(F)(F)F)c1. The normalized spacial score (nSPS) is 11.5. The van der Waals surface area contributed by atoms with Crippen LogP contribution in [0.5, 0.6) is 11.5 Å². The average Bonchev–Trinajstić information content (AvgIpc) is 2.42. The van der Waals surface area contributed by atoms with Crippen molar-refractivity contribution >= 4 is 11.6 Å². The molecule has 0 aliphatic carbocycles. The minimum absolute atomic E-state index is 0.0534. The highest BCUT2D eigenvalue weighted by Gasteiger charge is 2.35. The summed E-state index contributed by atoms with van der Waals surface area (Å²) >= 11 is 5.54. The van der Waals surface area contributed by atoms with Crippen LogP contribution in [0.2, 0.25) is 0 Å². The van der Waals surface area contributed by atoms with Crippen LogP contribution >= 0.6 is 11.6 Å². The van der Waals surface area contributed by atoms with Gasteiger partial charge in [0.1, 0.15) is 5.75 Å². The molecule has 0 aliphatic heterocycles. The molecule has 21 heavy (non-hydrogen) atoms. The summed E-state index contributed by atoms with van der Waals surface area (Å²) in [6.07, 6.45) is -4.61. The highest BCUT2D eigenvalue weighted by Crippen LogP contribution is 2.39. The van der Waals surface area contributed by atoms with Crippen molar-refractivity contribution in [2.24, 2.45) is 0 Å². The van der Waals surface area contributed by atoms with Crippen molar-refractivity contribution in [2.75, 3.05) is 0 Å². The first kappa shape index (κ1) is 15.6. The van der Waals surface area contributed by atoms with Crippen molar-refractivity contribution in [3.8, 4) is 11.5 Å². The first-order valence-electron chi connectivity index (χ1n) is 6.01. The molecule has 2 rings (SSSR count). The summed E-state index contributed by atoms with van der Waals surface area (Å²) in [5.74, 6) is -1.49. The number of rotatable bonds is 3. The highest BCUT2D eigenvalue weighted by molar-refractivity contribution is 6.17. The van der Waals surface area contributed by atoms with Gasteiger partial charge in [-0.15, -0.1) is 11.6 Å². The zero-order valence-electron chi connectivity index (χ0n) is 11.0. The molecular formula is C15H11ClF4O. The van der Waals surface area contributed by atoms with E-state index in [1.54, 1.807) is 6.92 Å². The van der Waals surface area contributed by atoms with Gasteiger partial charge >= 0.3 is 6.18 Å². The smallest absolute Gasteiger partial charge is 0.419 e. The second kappa shape index (κ2) is 5.93. The van der Waals surface area contributed by atoms with Crippen LogP contribution in [0.3, 0.4) is 0 Å². The van der Waals surface area contributed by atoms with Gasteiger partial charge in [0.25, 0.3) is 0 Å². The molecule has 0 fully saturated rings. The van der Waals surface area contributed by atoms with Crippen molar-refractivity contribution in [3.05, 3.63) is 58.9 Å². The predicted molar refractivity (Wildman–Crippen MR) is 72.2 cm³/mol. The Labute approximate surface area is 124 Å². The molecule has 0 unspecified atom stereocenters. The molecular weight excluding hydrogens is 308 g/mol. The van der Waals surface area contributed by atoms with E-state index in [1.807, 2.05) is 0 Å². The maximum atomic E-state index is 13.6. The Kier molecular flexibility index (Phi) is 4.42. The fourth-order valence-electron chi connectivity index (χ4n) is 1.78. The van der Waals surface area contributed by atoms with Gasteiger partial charge in [-0.1, -0.05) is 12.1 Å². The van der Waals surface area contributed by atoms with Crippen molar-refractivity contribution in [3.63, 3.8) is 0 Å². The Balaban J connectivity index is 2.46. The number of benzene rings is 2. The van der Waals surface area contributed by atoms with Crippen molar-refractivity contribution in [1.29, 1.82) is 0 Å². The maximum absolute atomic E-state index is 13.6. The fraction of sp³-hybridized carbons (Fsp3) is 0.200. The van der Waals surface area contributed by atoms with Crippen molar-refractivity contribution < 1.29 is 22.3 Å². The topological polar surface area (TPSA) is 9.23 Å². The molecule has 6 heteroatoms. The van der Waals surface area contributed by atoms with Crippen LogP contribution in [-0.4, -0.2) is 0 Å². The van der Waals surface area contributed by atoms with Gasteiger partial charge in [0.2, 0.25) is 0 Å². The first-order valence-corrected chi connectivity index (χ1v) is 6.55. The second-order valence-corrected chi connectivity index (χ2v) is 4.77. The maximum Gasteiger partial charge on any atom is 0.419 e. The van der Waals surface area contributed by atoms with Crippen molar-refractivity contribution in [1.82, 2.24) is 0 Å². The van der Waals surface area contributed by atoms with Crippen LogP contribution in [0, 0.1) is 12.7 Å². The minimum Gasteiger partial charge on any atom is -0.454 e. The third-order valence-electron chi connectivity index (χ3n) is 2.81. The molecule has 0 radical (unpaired) electrons. The predicted octanol–water partition coefficient (Wildman–Crippen LogP) is 5.68. The van der Waals surface area contributed by atoms with Gasteiger partial charge in [0, 0.05) is 5.88 Å². The lowest BCUT2D eigenvalue weighted by Crippen LogP contribution is -2.08. The van der Waals surface area contributed by atoms with Crippen LogP contribution in [0.25, 0.3) is 0 Å². The molecule has 112 valence electrons. The van der Waals surface area contributed by atoms with Crippen LogP contribution in [0.15, 0.2) is 36.4 Å². The summed E-state index contributed by atoms with van der Waals surface area (Å²) < 4.78 is 57.8. The summed E-state index contributed by atoms with van der Waals surface area (Å²) in [5, 5.41) is 0. The number of hydrogen-bond acceptors (Lipinski definition) is 1. The quantitative estimate of drug-likeness (QED) is 0.522. The molecule has 1 nitrogen and oxygen atoms in total. The van der Waals surface area contributed by atoms with E-state index in [2.05, 4.69) is 0 Å². The summed E-state index contributed by atoms with van der Waals surface area (Å²) in [7, 11) is 0. The number of hydrogen-bond donors (Lipinski definition) is 0. The van der Waals surface area contributed by atoms with E-state index < -0.39 is 23.3 Å². The Morgan fingerprint density at radius 1 is 1.05 bits per heavy atom. The van der Waals surface area contributed by atoms with Crippen LogP contribution in [0.4, 0.5) is 17.6 Å². The van der Waals surface area contributed by atoms with Crippen LogP contribution in [0.1, 0.15) is 16.7 Å². The van der Waals surface area contributed by atoms with Gasteiger partial charge < -0.3 is 4.74 Å². The summed E-state index contributed by atoms with van der Waals surface area (Å²) in [6, 6.07) is 7.43. The van der Waals surface area contributed by atoms with Gasteiger partial charge in [-0.25, -0.2) is 4.39 Å². The van der Waals surface area contributed by atoms with Gasteiger partial charge in [-0.05, 0) is 42.3 Å². The van der Waals surface area contributed by atoms with E-state index in [-0.39, 0.29) is 11.6 Å². The molecule has 0 amide bonds. The van der Waals surface area contributed by atoms with E-state index in [9.17, 15) is 17.6 Å². The summed E-state index contributed by atoms with van der Waals surface area (Å²) in [5.41, 5.74) is -0.0000472. The highest BCUT2D eigenvalue weighted by atomic mass is 35.5. The zero-order chi connectivity index (χ0) is 15.6. The van der Waals surface area contributed by atoms with E-state index in [4.69, 9.17) is 16.3 Å². The van der Waals surface area contributed by atoms with E-state index in [0.717, 1.165) is 18.2 Å². The number of alkyl halides is 4. The molecule has 0 spiro atoms. The zero-order valence-corrected chi connectivity index (χ0v) is 11.7. The third-order valence-corrected chi connectivity index (χ3v) is 3.12. The largest absolute Gasteiger partial charge is 0.454 e. The Hall–Kier alpha value is -1.75. The fourth-order valence-corrected chi connectivity index (χ4v) is 1.94. The molecule has 2 aromatic rings. The van der Waals surface area contributed by atoms with Gasteiger partial charge in [-0.2, -0.15) is 13.2 Å². The lowest BCUT2D eigenvalue weighted by molar-refractivity contribution is -0.138. The standard InChI is InChI=1S/C15H11ClF4O/c1-9-2-4-12(17)14(6-9)21-13-5-3-10(8-16)7-11(13)15(18,19)20/h2-7H,8H2,1H3.